The van der Waals surface area contributed by atoms with Gasteiger partial charge in [0.1, 0.15) is 0 Å². The normalized spacial score (nSPS) is 11.4. The Hall–Kier alpha value is -1.73. The Morgan fingerprint density at radius 2 is 1.88 bits per heavy atom. The summed E-state index contributed by atoms with van der Waals surface area (Å²) in [4.78, 5) is 19.9. The number of hydrogen-bond acceptors (Lipinski definition) is 3. The van der Waals surface area contributed by atoms with Crippen LogP contribution in [0.3, 0.4) is 0 Å². The zero-order chi connectivity index (χ0) is 17.8. The highest BCUT2D eigenvalue weighted by Gasteiger charge is 2.16. The van der Waals surface area contributed by atoms with Crippen LogP contribution in [-0.4, -0.2) is 42.0 Å². The van der Waals surface area contributed by atoms with Gasteiger partial charge in [0.15, 0.2) is 0 Å². The van der Waals surface area contributed by atoms with E-state index < -0.39 is 0 Å². The van der Waals surface area contributed by atoms with Crippen molar-refractivity contribution in [3.8, 4) is 0 Å². The molecule has 2 aromatic carbocycles. The summed E-state index contributed by atoms with van der Waals surface area (Å²) < 4.78 is 0.924. The summed E-state index contributed by atoms with van der Waals surface area (Å²) in [5.41, 5.74) is 2.35. The highest BCUT2D eigenvalue weighted by molar-refractivity contribution is 14.1. The molecule has 1 N–H and O–H groups in total. The maximum atomic E-state index is 12.8. The van der Waals surface area contributed by atoms with Crippen molar-refractivity contribution in [2.45, 2.75) is 13.8 Å². The maximum absolute atomic E-state index is 12.8. The van der Waals surface area contributed by atoms with Crippen LogP contribution < -0.4 is 5.32 Å². The van der Waals surface area contributed by atoms with Gasteiger partial charge in [-0.15, -0.1) is 0 Å². The van der Waals surface area contributed by atoms with Crippen molar-refractivity contribution < 1.29 is 4.79 Å². The minimum absolute atomic E-state index is 0.0510. The van der Waals surface area contributed by atoms with Crippen molar-refractivity contribution in [1.29, 1.82) is 0 Å². The number of carbonyl (C=O) groups is 1. The third-order valence-corrected chi connectivity index (χ3v) is 5.37. The van der Waals surface area contributed by atoms with E-state index in [4.69, 9.17) is 4.98 Å². The fourth-order valence-electron chi connectivity index (χ4n) is 2.99. The molecule has 0 aliphatic carbocycles. The number of carbonyl (C=O) groups excluding carboxylic acids is 1. The number of nitrogens with one attached hydrogen (secondary N) is 1. The van der Waals surface area contributed by atoms with Crippen molar-refractivity contribution in [2.24, 2.45) is 0 Å². The summed E-state index contributed by atoms with van der Waals surface area (Å²) in [6, 6.07) is 14.1. The highest BCUT2D eigenvalue weighted by Crippen LogP contribution is 2.26. The van der Waals surface area contributed by atoms with E-state index in [0.29, 0.717) is 12.1 Å². The Balaban J connectivity index is 1.92. The molecule has 3 rings (SSSR count). The first kappa shape index (κ1) is 18.1. The Morgan fingerprint density at radius 1 is 1.12 bits per heavy atom. The van der Waals surface area contributed by atoms with Gasteiger partial charge >= 0.3 is 0 Å². The molecule has 1 amide bonds. The van der Waals surface area contributed by atoms with Crippen LogP contribution >= 0.6 is 22.6 Å². The zero-order valence-electron chi connectivity index (χ0n) is 14.6. The molecule has 0 spiro atoms. The van der Waals surface area contributed by atoms with Gasteiger partial charge < -0.3 is 10.2 Å². The molecule has 0 fully saturated rings. The largest absolute Gasteiger partial charge is 0.351 e. The number of halogens is 1. The molecule has 5 heteroatoms. The lowest BCUT2D eigenvalue weighted by Gasteiger charge is -2.18. The van der Waals surface area contributed by atoms with Crippen LogP contribution in [-0.2, 0) is 0 Å². The average molecular weight is 447 g/mol. The number of nitrogens with zero attached hydrogens (tertiary/aromatic N) is 2. The van der Waals surface area contributed by atoms with Gasteiger partial charge in [0.25, 0.3) is 5.91 Å². The predicted octanol–water partition coefficient (Wildman–Crippen LogP) is 4.06. The Bertz CT molecular complexity index is 906. The van der Waals surface area contributed by atoms with Gasteiger partial charge in [-0.25, -0.2) is 4.98 Å². The van der Waals surface area contributed by atoms with Crippen LogP contribution in [0.4, 0.5) is 0 Å². The standard InChI is InChI=1S/C20H22IN3O/c1-3-24(4-2)12-11-22-20(25)18-16(21)10-9-15-13-14-7-5-6-8-17(14)23-19(15)18/h5-10,13H,3-4,11-12H2,1-2H3,(H,22,25). The monoisotopic (exact) mass is 447 g/mol. The summed E-state index contributed by atoms with van der Waals surface area (Å²) in [5, 5.41) is 5.13. The van der Waals surface area contributed by atoms with Gasteiger partial charge in [0.05, 0.1) is 16.6 Å². The molecule has 1 heterocycles. The van der Waals surface area contributed by atoms with Crippen LogP contribution in [0.2, 0.25) is 0 Å². The van der Waals surface area contributed by atoms with E-state index in [1.807, 2.05) is 36.4 Å². The van der Waals surface area contributed by atoms with E-state index in [1.165, 1.54) is 0 Å². The number of amides is 1. The van der Waals surface area contributed by atoms with E-state index in [9.17, 15) is 4.79 Å². The Morgan fingerprint density at radius 3 is 2.64 bits per heavy atom. The smallest absolute Gasteiger partial charge is 0.254 e. The number of likely N-dealkylation sites (N-methyl/N-ethyl adjacent to an activating group) is 1. The molecule has 25 heavy (non-hydrogen) atoms. The molecule has 130 valence electrons. The van der Waals surface area contributed by atoms with Crippen LogP contribution in [0.25, 0.3) is 21.8 Å². The Labute approximate surface area is 161 Å². The van der Waals surface area contributed by atoms with Gasteiger partial charge in [-0.1, -0.05) is 38.1 Å². The van der Waals surface area contributed by atoms with Crippen LogP contribution in [0.5, 0.6) is 0 Å². The first-order chi connectivity index (χ1) is 12.1. The van der Waals surface area contributed by atoms with Crippen molar-refractivity contribution in [3.05, 3.63) is 51.6 Å². The van der Waals surface area contributed by atoms with Crippen LogP contribution in [0, 0.1) is 3.57 Å². The van der Waals surface area contributed by atoms with Crippen molar-refractivity contribution in [1.82, 2.24) is 15.2 Å². The van der Waals surface area contributed by atoms with E-state index in [0.717, 1.165) is 45.0 Å². The SMILES string of the molecule is CCN(CC)CCNC(=O)c1c(I)ccc2cc3ccccc3nc12. The average Bonchev–Trinajstić information content (AvgIpc) is 2.63. The Kier molecular flexibility index (Phi) is 5.86. The number of fused-ring (bicyclic) bond motifs is 2. The van der Waals surface area contributed by atoms with Crippen LogP contribution in [0.1, 0.15) is 24.2 Å². The van der Waals surface area contributed by atoms with Crippen molar-refractivity contribution in [3.63, 3.8) is 0 Å². The van der Waals surface area contributed by atoms with E-state index in [-0.39, 0.29) is 5.91 Å². The molecule has 0 atom stereocenters. The van der Waals surface area contributed by atoms with Gasteiger partial charge in [-0.3, -0.25) is 4.79 Å². The van der Waals surface area contributed by atoms with E-state index in [2.05, 4.69) is 52.7 Å². The molecular weight excluding hydrogens is 425 g/mol. The third kappa shape index (κ3) is 3.93. The lowest BCUT2D eigenvalue weighted by molar-refractivity contribution is 0.0949. The lowest BCUT2D eigenvalue weighted by Crippen LogP contribution is -2.35. The highest BCUT2D eigenvalue weighted by atomic mass is 127. The molecule has 0 aliphatic heterocycles. The summed E-state index contributed by atoms with van der Waals surface area (Å²) in [5.74, 6) is -0.0510. The number of hydrogen-bond donors (Lipinski definition) is 1. The predicted molar refractivity (Wildman–Crippen MR) is 112 cm³/mol. The molecule has 0 aliphatic rings. The second-order valence-electron chi connectivity index (χ2n) is 5.96. The maximum Gasteiger partial charge on any atom is 0.254 e. The molecule has 4 nitrogen and oxygen atoms in total. The fraction of sp³-hybridized carbons (Fsp3) is 0.300. The third-order valence-electron chi connectivity index (χ3n) is 4.47. The molecule has 0 saturated carbocycles. The van der Waals surface area contributed by atoms with Gasteiger partial charge in [-0.05, 0) is 53.9 Å². The zero-order valence-corrected chi connectivity index (χ0v) is 16.7. The number of rotatable bonds is 6. The lowest BCUT2D eigenvalue weighted by atomic mass is 10.1. The molecule has 0 radical (unpaired) electrons. The fourth-order valence-corrected chi connectivity index (χ4v) is 3.67. The first-order valence-corrected chi connectivity index (χ1v) is 9.70. The summed E-state index contributed by atoms with van der Waals surface area (Å²) in [6.07, 6.45) is 0. The molecule has 0 unspecified atom stereocenters. The van der Waals surface area contributed by atoms with Crippen molar-refractivity contribution in [2.75, 3.05) is 26.2 Å². The second kappa shape index (κ2) is 8.10. The first-order valence-electron chi connectivity index (χ1n) is 8.62. The quantitative estimate of drug-likeness (QED) is 0.458. The minimum Gasteiger partial charge on any atom is -0.351 e. The molecule has 0 saturated heterocycles. The molecule has 3 aromatic rings. The van der Waals surface area contributed by atoms with Gasteiger partial charge in [0.2, 0.25) is 0 Å². The number of benzene rings is 2. The molecule has 0 bridgehead atoms. The van der Waals surface area contributed by atoms with E-state index >= 15 is 0 Å². The van der Waals surface area contributed by atoms with Crippen LogP contribution in [0.15, 0.2) is 42.5 Å². The number of aromatic nitrogens is 1. The summed E-state index contributed by atoms with van der Waals surface area (Å²) >= 11 is 2.22. The molecular formula is C20H22IN3O. The van der Waals surface area contributed by atoms with Gasteiger partial charge in [0, 0.05) is 27.4 Å². The summed E-state index contributed by atoms with van der Waals surface area (Å²) in [7, 11) is 0. The summed E-state index contributed by atoms with van der Waals surface area (Å²) in [6.45, 7) is 7.75. The number of pyridine rings is 1. The topological polar surface area (TPSA) is 45.2 Å². The second-order valence-corrected chi connectivity index (χ2v) is 7.12. The van der Waals surface area contributed by atoms with Crippen molar-refractivity contribution >= 4 is 50.3 Å². The molecule has 1 aromatic heterocycles. The number of para-hydroxylation sites is 1. The van der Waals surface area contributed by atoms with E-state index in [1.54, 1.807) is 0 Å². The minimum atomic E-state index is -0.0510. The van der Waals surface area contributed by atoms with Gasteiger partial charge in [-0.2, -0.15) is 0 Å².